The van der Waals surface area contributed by atoms with Gasteiger partial charge in [-0.3, -0.25) is 0 Å². The van der Waals surface area contributed by atoms with Gasteiger partial charge in [-0.1, -0.05) is 6.92 Å². The van der Waals surface area contributed by atoms with Gasteiger partial charge in [-0.15, -0.1) is 0 Å². The van der Waals surface area contributed by atoms with Crippen LogP contribution in [0.5, 0.6) is 0 Å². The van der Waals surface area contributed by atoms with Gasteiger partial charge in [0.15, 0.2) is 0 Å². The molecule has 0 unspecified atom stereocenters. The number of hydroxylamine groups is 1. The van der Waals surface area contributed by atoms with Crippen molar-refractivity contribution < 1.29 is 4.94 Å². The lowest BCUT2D eigenvalue weighted by molar-refractivity contribution is 0.0445. The quantitative estimate of drug-likeness (QED) is 0.432. The van der Waals surface area contributed by atoms with E-state index in [0.29, 0.717) is 0 Å². The largest absolute Gasteiger partial charge is 0.217 e. The molecule has 5 heavy (non-hydrogen) atoms. The van der Waals surface area contributed by atoms with Gasteiger partial charge >= 0.3 is 0 Å². The van der Waals surface area contributed by atoms with E-state index < -0.39 is 0 Å². The topological polar surface area (TPSA) is 47.3 Å². The molecule has 0 aliphatic heterocycles. The molecule has 0 aliphatic rings. The summed E-state index contributed by atoms with van der Waals surface area (Å²) in [6.07, 6.45) is 0. The Balaban J connectivity index is 2.19. The first kappa shape index (κ1) is 4.88. The molecule has 32 valence electrons. The standard InChI is InChI=1S/C2H8N2O/c1-2-4-5-3/h4H,2-3H2,1H3. The predicted octanol–water partition coefficient (Wildman–Crippen LogP) is -0.599. The van der Waals surface area contributed by atoms with Gasteiger partial charge in [-0.2, -0.15) is 11.4 Å². The van der Waals surface area contributed by atoms with Gasteiger partial charge in [0.1, 0.15) is 0 Å². The van der Waals surface area contributed by atoms with Crippen molar-refractivity contribution in [3.63, 3.8) is 0 Å². The van der Waals surface area contributed by atoms with Crippen LogP contribution >= 0.6 is 0 Å². The third-order valence-corrected chi connectivity index (χ3v) is 0.228. The molecule has 3 heteroatoms. The van der Waals surface area contributed by atoms with Crippen molar-refractivity contribution in [1.82, 2.24) is 5.48 Å². The molecule has 3 N–H and O–H groups in total. The van der Waals surface area contributed by atoms with Crippen LogP contribution in [-0.2, 0) is 4.94 Å². The molecule has 0 atom stereocenters. The monoisotopic (exact) mass is 76.1 g/mol. The zero-order valence-electron chi connectivity index (χ0n) is 3.19. The average Bonchev–Trinajstić information content (AvgIpc) is 1.41. The molecular weight excluding hydrogens is 68.0 g/mol. The van der Waals surface area contributed by atoms with Crippen LogP contribution in [0, 0.1) is 0 Å². The molecule has 0 bridgehead atoms. The highest BCUT2D eigenvalue weighted by Crippen LogP contribution is 1.42. The van der Waals surface area contributed by atoms with E-state index in [2.05, 4.69) is 16.3 Å². The second kappa shape index (κ2) is 3.88. The van der Waals surface area contributed by atoms with E-state index in [1.807, 2.05) is 6.92 Å². The minimum atomic E-state index is 0.747. The Morgan fingerprint density at radius 2 is 2.60 bits per heavy atom. The molecule has 0 aliphatic carbocycles. The van der Waals surface area contributed by atoms with Crippen LogP contribution in [0.15, 0.2) is 0 Å². The summed E-state index contributed by atoms with van der Waals surface area (Å²) >= 11 is 0. The molecule has 0 rings (SSSR count). The lowest BCUT2D eigenvalue weighted by Gasteiger charge is -1.87. The fourth-order valence-corrected chi connectivity index (χ4v) is 0.0833. The van der Waals surface area contributed by atoms with Crippen molar-refractivity contribution >= 4 is 0 Å². The van der Waals surface area contributed by atoms with Crippen molar-refractivity contribution in [2.24, 2.45) is 5.90 Å². The van der Waals surface area contributed by atoms with Crippen LogP contribution < -0.4 is 11.4 Å². The van der Waals surface area contributed by atoms with E-state index in [0.717, 1.165) is 6.54 Å². The van der Waals surface area contributed by atoms with Crippen molar-refractivity contribution in [1.29, 1.82) is 0 Å². The molecule has 0 saturated carbocycles. The average molecular weight is 76.1 g/mol. The Morgan fingerprint density at radius 1 is 2.00 bits per heavy atom. The van der Waals surface area contributed by atoms with E-state index >= 15 is 0 Å². The summed E-state index contributed by atoms with van der Waals surface area (Å²) < 4.78 is 0. The molecule has 0 spiro atoms. The third-order valence-electron chi connectivity index (χ3n) is 0.228. The molecule has 0 aromatic carbocycles. The van der Waals surface area contributed by atoms with Crippen molar-refractivity contribution in [2.45, 2.75) is 6.92 Å². The summed E-state index contributed by atoms with van der Waals surface area (Å²) in [6.45, 7) is 2.64. The van der Waals surface area contributed by atoms with Crippen LogP contribution in [0.25, 0.3) is 0 Å². The van der Waals surface area contributed by atoms with Crippen molar-refractivity contribution in [2.75, 3.05) is 6.54 Å². The molecule has 0 aromatic heterocycles. The summed E-state index contributed by atoms with van der Waals surface area (Å²) in [6, 6.07) is 0. The summed E-state index contributed by atoms with van der Waals surface area (Å²) in [5.74, 6) is 4.53. The first-order chi connectivity index (χ1) is 2.41. The molecule has 0 heterocycles. The predicted molar refractivity (Wildman–Crippen MR) is 18.9 cm³/mol. The van der Waals surface area contributed by atoms with E-state index in [4.69, 9.17) is 0 Å². The highest BCUT2D eigenvalue weighted by Gasteiger charge is 1.61. The van der Waals surface area contributed by atoms with E-state index in [9.17, 15) is 0 Å². The van der Waals surface area contributed by atoms with Crippen LogP contribution in [0.1, 0.15) is 6.92 Å². The van der Waals surface area contributed by atoms with Crippen LogP contribution in [0.2, 0.25) is 0 Å². The van der Waals surface area contributed by atoms with Crippen LogP contribution in [0.4, 0.5) is 0 Å². The Bertz CT molecular complexity index is 15.1. The number of nitrogens with one attached hydrogen (secondary N) is 1. The Kier molecular flexibility index (Phi) is 3.79. The molecular formula is C2H8N2O. The van der Waals surface area contributed by atoms with Gasteiger partial charge < -0.3 is 0 Å². The third kappa shape index (κ3) is 3.88. The molecule has 3 nitrogen and oxygen atoms in total. The first-order valence-corrected chi connectivity index (χ1v) is 1.50. The lowest BCUT2D eigenvalue weighted by atomic mass is 10.8. The number of hydrogen-bond acceptors (Lipinski definition) is 3. The molecule has 0 aromatic rings. The van der Waals surface area contributed by atoms with Gasteiger partial charge in [0.05, 0.1) is 0 Å². The highest BCUT2D eigenvalue weighted by molar-refractivity contribution is 4.07. The molecule has 0 fully saturated rings. The van der Waals surface area contributed by atoms with Gasteiger partial charge in [0, 0.05) is 6.54 Å². The minimum Gasteiger partial charge on any atom is -0.217 e. The maximum Gasteiger partial charge on any atom is 0.0200 e. The SMILES string of the molecule is CCNON. The Labute approximate surface area is 31.0 Å². The minimum absolute atomic E-state index is 0.747. The smallest absolute Gasteiger partial charge is 0.0200 e. The Hall–Kier alpha value is -0.120. The van der Waals surface area contributed by atoms with Crippen LogP contribution in [-0.4, -0.2) is 6.54 Å². The van der Waals surface area contributed by atoms with Gasteiger partial charge in [-0.25, -0.2) is 4.94 Å². The number of rotatable bonds is 2. The summed E-state index contributed by atoms with van der Waals surface area (Å²) in [5, 5.41) is 0. The maximum absolute atomic E-state index is 4.53. The van der Waals surface area contributed by atoms with E-state index in [1.54, 1.807) is 0 Å². The summed E-state index contributed by atoms with van der Waals surface area (Å²) in [7, 11) is 0. The molecule has 0 saturated heterocycles. The van der Waals surface area contributed by atoms with E-state index in [-0.39, 0.29) is 0 Å². The zero-order chi connectivity index (χ0) is 4.12. The molecule has 0 amide bonds. The zero-order valence-corrected chi connectivity index (χ0v) is 3.19. The first-order valence-electron chi connectivity index (χ1n) is 1.50. The number of hydrogen-bond donors (Lipinski definition) is 2. The fourth-order valence-electron chi connectivity index (χ4n) is 0.0833. The second-order valence-corrected chi connectivity index (χ2v) is 0.616. The normalized spacial score (nSPS) is 8.40. The van der Waals surface area contributed by atoms with Crippen molar-refractivity contribution in [3.8, 4) is 0 Å². The molecule has 0 radical (unpaired) electrons. The van der Waals surface area contributed by atoms with Gasteiger partial charge in [0.2, 0.25) is 0 Å². The van der Waals surface area contributed by atoms with Crippen LogP contribution in [0.3, 0.4) is 0 Å². The lowest BCUT2D eigenvalue weighted by Crippen LogP contribution is -2.17. The van der Waals surface area contributed by atoms with Crippen molar-refractivity contribution in [3.05, 3.63) is 0 Å². The van der Waals surface area contributed by atoms with E-state index in [1.165, 1.54) is 0 Å². The van der Waals surface area contributed by atoms with Gasteiger partial charge in [-0.05, 0) is 0 Å². The number of nitrogens with two attached hydrogens (primary N) is 1. The second-order valence-electron chi connectivity index (χ2n) is 0.616. The summed E-state index contributed by atoms with van der Waals surface area (Å²) in [5.41, 5.74) is 2.39. The maximum atomic E-state index is 4.53. The highest BCUT2D eigenvalue weighted by atomic mass is 16.8. The summed E-state index contributed by atoms with van der Waals surface area (Å²) in [4.78, 5) is 3.94. The van der Waals surface area contributed by atoms with Gasteiger partial charge in [0.25, 0.3) is 0 Å². The fraction of sp³-hybridized carbons (Fsp3) is 1.00. The Morgan fingerprint density at radius 3 is 2.60 bits per heavy atom.